The molecule has 282 valence electrons. The molecule has 59 heavy (non-hydrogen) atoms. The van der Waals surface area contributed by atoms with Crippen LogP contribution in [0.1, 0.15) is 5.56 Å². The van der Waals surface area contributed by atoms with E-state index in [1.54, 1.807) is 0 Å². The van der Waals surface area contributed by atoms with E-state index >= 15 is 0 Å². The number of fused-ring (bicyclic) bond motifs is 3. The van der Waals surface area contributed by atoms with E-state index in [0.717, 1.165) is 73.0 Å². The van der Waals surface area contributed by atoms with Crippen molar-refractivity contribution in [2.75, 3.05) is 0 Å². The molecule has 4 nitrogen and oxygen atoms in total. The molecule has 0 aliphatic carbocycles. The van der Waals surface area contributed by atoms with E-state index in [2.05, 4.69) is 65.2 Å². The minimum atomic E-state index is -4.48. The van der Waals surface area contributed by atoms with E-state index in [4.69, 9.17) is 15.0 Å². The lowest BCUT2D eigenvalue weighted by Gasteiger charge is -2.16. The first-order valence-electron chi connectivity index (χ1n) is 19.3. The van der Waals surface area contributed by atoms with Crippen molar-refractivity contribution in [3.05, 3.63) is 206 Å². The molecule has 0 saturated heterocycles. The average Bonchev–Trinajstić information content (AvgIpc) is 3.62. The van der Waals surface area contributed by atoms with E-state index in [9.17, 15) is 13.2 Å². The third kappa shape index (κ3) is 6.83. The summed E-state index contributed by atoms with van der Waals surface area (Å²) in [5, 5.41) is 2.16. The highest BCUT2D eigenvalue weighted by Gasteiger charge is 2.30. The predicted molar refractivity (Wildman–Crippen MR) is 232 cm³/mol. The van der Waals surface area contributed by atoms with Gasteiger partial charge in [0.1, 0.15) is 0 Å². The standard InChI is InChI=1S/C52H33F3N4/c53-52(54,55)41-25-21-36(22-26-41)46-33-42(27-30-45(46)51-57-49(37-17-9-3-10-18-37)56-50(58-51)38-19-11-4-12-20-38)59-47-31-39(34-13-5-1-6-14-34)23-28-43(47)44-29-24-40(32-48(44)59)35-15-7-2-8-16-35/h1-33H. The molecule has 0 bridgehead atoms. The van der Waals surface area contributed by atoms with E-state index in [1.165, 1.54) is 12.1 Å². The predicted octanol–water partition coefficient (Wildman–Crippen LogP) is 14.0. The maximum absolute atomic E-state index is 13.9. The highest BCUT2D eigenvalue weighted by Crippen LogP contribution is 2.41. The minimum absolute atomic E-state index is 0.402. The Morgan fingerprint density at radius 1 is 0.339 bits per heavy atom. The molecule has 0 aliphatic rings. The normalized spacial score (nSPS) is 11.6. The summed E-state index contributed by atoms with van der Waals surface area (Å²) >= 11 is 0. The van der Waals surface area contributed by atoms with E-state index in [1.807, 2.05) is 115 Å². The van der Waals surface area contributed by atoms with Crippen molar-refractivity contribution in [1.29, 1.82) is 0 Å². The number of halogens is 3. The van der Waals surface area contributed by atoms with Gasteiger partial charge in [-0.2, -0.15) is 13.2 Å². The largest absolute Gasteiger partial charge is 0.416 e. The van der Waals surface area contributed by atoms with Crippen molar-refractivity contribution in [2.45, 2.75) is 6.18 Å². The third-order valence-corrected chi connectivity index (χ3v) is 10.7. The van der Waals surface area contributed by atoms with Gasteiger partial charge in [-0.3, -0.25) is 0 Å². The number of benzene rings is 8. The first-order valence-corrected chi connectivity index (χ1v) is 19.3. The molecular formula is C52H33F3N4. The number of aromatic nitrogens is 4. The summed E-state index contributed by atoms with van der Waals surface area (Å²) in [4.78, 5) is 14.9. The molecule has 2 heterocycles. The molecule has 0 amide bonds. The first-order chi connectivity index (χ1) is 28.9. The Morgan fingerprint density at radius 3 is 1.22 bits per heavy atom. The lowest BCUT2D eigenvalue weighted by Crippen LogP contribution is -2.04. The lowest BCUT2D eigenvalue weighted by atomic mass is 9.97. The topological polar surface area (TPSA) is 43.6 Å². The van der Waals surface area contributed by atoms with Gasteiger partial charge in [-0.25, -0.2) is 15.0 Å². The molecule has 10 aromatic rings. The molecule has 0 spiro atoms. The highest BCUT2D eigenvalue weighted by atomic mass is 19.4. The van der Waals surface area contributed by atoms with Gasteiger partial charge in [0.2, 0.25) is 0 Å². The first kappa shape index (κ1) is 35.8. The second kappa shape index (κ2) is 14.7. The van der Waals surface area contributed by atoms with Crippen LogP contribution in [-0.4, -0.2) is 19.5 Å². The zero-order valence-corrected chi connectivity index (χ0v) is 31.5. The Labute approximate surface area is 338 Å². The second-order valence-corrected chi connectivity index (χ2v) is 14.4. The SMILES string of the molecule is FC(F)(F)c1ccc(-c2cc(-n3c4cc(-c5ccccc5)ccc4c4ccc(-c5ccccc5)cc43)ccc2-c2nc(-c3ccccc3)nc(-c3ccccc3)n2)cc1. The summed E-state index contributed by atoms with van der Waals surface area (Å²) in [5.41, 5.74) is 9.97. The van der Waals surface area contributed by atoms with Crippen LogP contribution in [0.2, 0.25) is 0 Å². The Hall–Kier alpha value is -7.64. The molecule has 0 atom stereocenters. The molecule has 8 aromatic carbocycles. The van der Waals surface area contributed by atoms with Crippen molar-refractivity contribution in [3.8, 4) is 73.2 Å². The van der Waals surface area contributed by atoms with Crippen molar-refractivity contribution in [2.24, 2.45) is 0 Å². The highest BCUT2D eigenvalue weighted by molar-refractivity contribution is 6.11. The van der Waals surface area contributed by atoms with Crippen LogP contribution in [-0.2, 0) is 6.18 Å². The number of rotatable bonds is 7. The van der Waals surface area contributed by atoms with Crippen molar-refractivity contribution >= 4 is 21.8 Å². The molecule has 0 N–H and O–H groups in total. The maximum atomic E-state index is 13.9. The van der Waals surface area contributed by atoms with Crippen LogP contribution in [0, 0.1) is 0 Å². The Kier molecular flexibility index (Phi) is 8.91. The molecular weight excluding hydrogens is 738 g/mol. The van der Waals surface area contributed by atoms with Crippen molar-refractivity contribution in [3.63, 3.8) is 0 Å². The zero-order chi connectivity index (χ0) is 39.9. The molecule has 0 unspecified atom stereocenters. The molecule has 10 rings (SSSR count). The fourth-order valence-corrected chi connectivity index (χ4v) is 7.79. The van der Waals surface area contributed by atoms with E-state index < -0.39 is 11.7 Å². The van der Waals surface area contributed by atoms with Gasteiger partial charge in [0.05, 0.1) is 16.6 Å². The number of alkyl halides is 3. The van der Waals surface area contributed by atoms with Gasteiger partial charge >= 0.3 is 6.18 Å². The summed E-state index contributed by atoms with van der Waals surface area (Å²) in [5.74, 6) is 1.38. The van der Waals surface area contributed by atoms with Crippen LogP contribution in [0.5, 0.6) is 0 Å². The zero-order valence-electron chi connectivity index (χ0n) is 31.5. The summed E-state index contributed by atoms with van der Waals surface area (Å²) in [6, 6.07) is 64.3. The fourth-order valence-electron chi connectivity index (χ4n) is 7.79. The minimum Gasteiger partial charge on any atom is -0.309 e. The van der Waals surface area contributed by atoms with Crippen LogP contribution in [0.15, 0.2) is 200 Å². The number of hydrogen-bond acceptors (Lipinski definition) is 3. The molecule has 0 radical (unpaired) electrons. The van der Waals surface area contributed by atoms with Crippen LogP contribution < -0.4 is 0 Å². The Balaban J connectivity index is 1.24. The van der Waals surface area contributed by atoms with Gasteiger partial charge in [0, 0.05) is 33.2 Å². The van der Waals surface area contributed by atoms with Gasteiger partial charge in [-0.15, -0.1) is 0 Å². The Morgan fingerprint density at radius 2 is 0.763 bits per heavy atom. The van der Waals surface area contributed by atoms with Gasteiger partial charge in [-0.05, 0) is 75.8 Å². The quantitative estimate of drug-likeness (QED) is 0.162. The molecule has 0 fully saturated rings. The van der Waals surface area contributed by atoms with Crippen molar-refractivity contribution < 1.29 is 13.2 Å². The lowest BCUT2D eigenvalue weighted by molar-refractivity contribution is -0.137. The number of nitrogens with zero attached hydrogens (tertiary/aromatic N) is 4. The summed E-state index contributed by atoms with van der Waals surface area (Å²) in [6.45, 7) is 0. The van der Waals surface area contributed by atoms with Gasteiger partial charge in [0.15, 0.2) is 17.5 Å². The summed E-state index contributed by atoms with van der Waals surface area (Å²) in [7, 11) is 0. The van der Waals surface area contributed by atoms with Gasteiger partial charge in [-0.1, -0.05) is 158 Å². The van der Waals surface area contributed by atoms with Crippen molar-refractivity contribution in [1.82, 2.24) is 19.5 Å². The molecule has 0 aliphatic heterocycles. The fraction of sp³-hybridized carbons (Fsp3) is 0.0192. The van der Waals surface area contributed by atoms with Crippen LogP contribution in [0.25, 0.3) is 95.0 Å². The van der Waals surface area contributed by atoms with Gasteiger partial charge in [0.25, 0.3) is 0 Å². The molecule has 2 aromatic heterocycles. The smallest absolute Gasteiger partial charge is 0.309 e. The number of hydrogen-bond donors (Lipinski definition) is 0. The Bertz CT molecular complexity index is 2950. The van der Waals surface area contributed by atoms with Crippen LogP contribution in [0.4, 0.5) is 13.2 Å². The molecule has 0 saturated carbocycles. The maximum Gasteiger partial charge on any atom is 0.416 e. The average molecular weight is 771 g/mol. The summed E-state index contributed by atoms with van der Waals surface area (Å²) in [6.07, 6.45) is -4.48. The second-order valence-electron chi connectivity index (χ2n) is 14.4. The third-order valence-electron chi connectivity index (χ3n) is 10.7. The molecule has 7 heteroatoms. The van der Waals surface area contributed by atoms with Gasteiger partial charge < -0.3 is 4.57 Å². The monoisotopic (exact) mass is 770 g/mol. The van der Waals surface area contributed by atoms with E-state index in [0.29, 0.717) is 34.2 Å². The summed E-state index contributed by atoms with van der Waals surface area (Å²) < 4.78 is 44.0. The van der Waals surface area contributed by atoms with Crippen LogP contribution in [0.3, 0.4) is 0 Å². The van der Waals surface area contributed by atoms with Crippen LogP contribution >= 0.6 is 0 Å². The van der Waals surface area contributed by atoms with E-state index in [-0.39, 0.29) is 0 Å².